The molecular formula is C10H14O4. The van der Waals surface area contributed by atoms with E-state index in [1.807, 2.05) is 0 Å². The van der Waals surface area contributed by atoms with Gasteiger partial charge < -0.3 is 10.2 Å². The van der Waals surface area contributed by atoms with Crippen LogP contribution in [-0.4, -0.2) is 22.2 Å². The average Bonchev–Trinajstić information content (AvgIpc) is 2.04. The first-order valence-electron chi connectivity index (χ1n) is 3.72. The molecule has 0 fully saturated rings. The van der Waals surface area contributed by atoms with Crippen LogP contribution in [0, 0.1) is 0 Å². The number of carboxylic acids is 2. The van der Waals surface area contributed by atoms with Gasteiger partial charge in [-0.2, -0.15) is 0 Å². The minimum atomic E-state index is -0.981. The Labute approximate surface area is 82.9 Å². The third-order valence-corrected chi connectivity index (χ3v) is 0.992. The molecule has 14 heavy (non-hydrogen) atoms. The maximum atomic E-state index is 10.1. The van der Waals surface area contributed by atoms with Crippen molar-refractivity contribution in [2.75, 3.05) is 0 Å². The van der Waals surface area contributed by atoms with E-state index in [4.69, 9.17) is 10.2 Å². The highest BCUT2D eigenvalue weighted by Crippen LogP contribution is 2.04. The van der Waals surface area contributed by atoms with Crippen molar-refractivity contribution in [1.29, 1.82) is 0 Å². The van der Waals surface area contributed by atoms with Gasteiger partial charge in [0.15, 0.2) is 0 Å². The van der Waals surface area contributed by atoms with Crippen LogP contribution in [0.4, 0.5) is 0 Å². The Kier molecular flexibility index (Phi) is 8.16. The quantitative estimate of drug-likeness (QED) is 0.534. The molecule has 0 saturated heterocycles. The topological polar surface area (TPSA) is 74.6 Å². The van der Waals surface area contributed by atoms with E-state index in [9.17, 15) is 9.59 Å². The van der Waals surface area contributed by atoms with Crippen LogP contribution in [0.25, 0.3) is 0 Å². The van der Waals surface area contributed by atoms with Crippen LogP contribution in [0.3, 0.4) is 0 Å². The number of carboxylic acid groups (broad SMARTS) is 2. The van der Waals surface area contributed by atoms with Gasteiger partial charge in [0.05, 0.1) is 0 Å². The van der Waals surface area contributed by atoms with Crippen molar-refractivity contribution < 1.29 is 19.8 Å². The fourth-order valence-electron chi connectivity index (χ4n) is 0.440. The normalized spacial score (nSPS) is 7.79. The van der Waals surface area contributed by atoms with E-state index in [2.05, 4.69) is 19.7 Å². The van der Waals surface area contributed by atoms with Crippen LogP contribution < -0.4 is 0 Å². The van der Waals surface area contributed by atoms with E-state index in [1.54, 1.807) is 6.92 Å². The summed E-state index contributed by atoms with van der Waals surface area (Å²) < 4.78 is 0. The number of rotatable bonds is 4. The Hall–Kier alpha value is -1.84. The molecule has 0 aliphatic rings. The van der Waals surface area contributed by atoms with E-state index in [-0.39, 0.29) is 5.57 Å². The lowest BCUT2D eigenvalue weighted by molar-refractivity contribution is -0.133. The van der Waals surface area contributed by atoms with Crippen LogP contribution in [0.1, 0.15) is 13.3 Å². The van der Waals surface area contributed by atoms with Gasteiger partial charge in [-0.3, -0.25) is 0 Å². The molecule has 0 aromatic rings. The molecule has 0 aliphatic carbocycles. The molecule has 0 aromatic heterocycles. The smallest absolute Gasteiger partial charge is 0.331 e. The molecule has 0 saturated carbocycles. The number of allylic oxidation sites excluding steroid dienone is 1. The summed E-state index contributed by atoms with van der Waals surface area (Å²) in [6.45, 7) is 11.6. The predicted molar refractivity (Wildman–Crippen MR) is 54.0 cm³/mol. The molecule has 0 radical (unpaired) electrons. The third kappa shape index (κ3) is 12.8. The van der Waals surface area contributed by atoms with Crippen molar-refractivity contribution in [2.24, 2.45) is 0 Å². The standard InChI is InChI=1S/C7H10O2.C3H4O2/c1-5(2)4-6(3)7(8)9;1-2-3(4)5/h1,3-4H2,2H3,(H,8,9);2H,1H2,(H,4,5). The highest BCUT2D eigenvalue weighted by Gasteiger charge is 2.01. The molecule has 0 heterocycles. The fraction of sp³-hybridized carbons (Fsp3) is 0.200. The van der Waals surface area contributed by atoms with Crippen LogP contribution in [-0.2, 0) is 9.59 Å². The molecule has 0 spiro atoms. The van der Waals surface area contributed by atoms with Crippen molar-refractivity contribution >= 4 is 11.9 Å². The van der Waals surface area contributed by atoms with Crippen molar-refractivity contribution in [3.05, 3.63) is 37.0 Å². The number of hydrogen-bond acceptors (Lipinski definition) is 2. The van der Waals surface area contributed by atoms with Crippen LogP contribution >= 0.6 is 0 Å². The lowest BCUT2D eigenvalue weighted by atomic mass is 10.1. The Morgan fingerprint density at radius 3 is 1.71 bits per heavy atom. The molecule has 78 valence electrons. The first kappa shape index (κ1) is 14.7. The number of hydrogen-bond donors (Lipinski definition) is 2. The van der Waals surface area contributed by atoms with E-state index in [0.717, 1.165) is 11.6 Å². The molecule has 2 N–H and O–H groups in total. The second-order valence-electron chi connectivity index (χ2n) is 2.58. The summed E-state index contributed by atoms with van der Waals surface area (Å²) in [6.07, 6.45) is 1.22. The minimum absolute atomic E-state index is 0.197. The third-order valence-electron chi connectivity index (χ3n) is 0.992. The van der Waals surface area contributed by atoms with Crippen LogP contribution in [0.15, 0.2) is 37.0 Å². The lowest BCUT2D eigenvalue weighted by Gasteiger charge is -1.96. The van der Waals surface area contributed by atoms with Gasteiger partial charge in [0, 0.05) is 11.6 Å². The molecule has 0 aliphatic heterocycles. The number of aliphatic carboxylic acids is 2. The zero-order chi connectivity index (χ0) is 11.7. The maximum absolute atomic E-state index is 10.1. The van der Waals surface area contributed by atoms with E-state index in [0.29, 0.717) is 6.42 Å². The summed E-state index contributed by atoms with van der Waals surface area (Å²) in [5.74, 6) is -1.93. The second-order valence-corrected chi connectivity index (χ2v) is 2.58. The van der Waals surface area contributed by atoms with Gasteiger partial charge in [0.25, 0.3) is 0 Å². The van der Waals surface area contributed by atoms with Crippen LogP contribution in [0.5, 0.6) is 0 Å². The van der Waals surface area contributed by atoms with Gasteiger partial charge in [-0.25, -0.2) is 9.59 Å². The molecule has 0 aromatic carbocycles. The van der Waals surface area contributed by atoms with Crippen molar-refractivity contribution in [2.45, 2.75) is 13.3 Å². The van der Waals surface area contributed by atoms with Gasteiger partial charge >= 0.3 is 11.9 Å². The molecule has 0 rings (SSSR count). The van der Waals surface area contributed by atoms with E-state index < -0.39 is 11.9 Å². The summed E-state index contributed by atoms with van der Waals surface area (Å²) in [5, 5.41) is 15.9. The molecular weight excluding hydrogens is 184 g/mol. The maximum Gasteiger partial charge on any atom is 0.331 e. The van der Waals surface area contributed by atoms with Gasteiger partial charge in [-0.15, -0.1) is 0 Å². The predicted octanol–water partition coefficient (Wildman–Crippen LogP) is 1.85. The molecule has 0 amide bonds. The van der Waals surface area contributed by atoms with Gasteiger partial charge in [0.1, 0.15) is 0 Å². The summed E-state index contributed by atoms with van der Waals surface area (Å²) in [4.78, 5) is 19.3. The molecule has 4 nitrogen and oxygen atoms in total. The van der Waals surface area contributed by atoms with Gasteiger partial charge in [0.2, 0.25) is 0 Å². The van der Waals surface area contributed by atoms with Crippen LogP contribution in [0.2, 0.25) is 0 Å². The van der Waals surface area contributed by atoms with E-state index >= 15 is 0 Å². The summed E-state index contributed by atoms with van der Waals surface area (Å²) in [5.41, 5.74) is 1.02. The summed E-state index contributed by atoms with van der Waals surface area (Å²) in [7, 11) is 0. The molecule has 0 unspecified atom stereocenters. The van der Waals surface area contributed by atoms with Gasteiger partial charge in [-0.1, -0.05) is 25.3 Å². The monoisotopic (exact) mass is 198 g/mol. The Morgan fingerprint density at radius 2 is 1.64 bits per heavy atom. The average molecular weight is 198 g/mol. The molecule has 4 heteroatoms. The fourth-order valence-corrected chi connectivity index (χ4v) is 0.440. The Morgan fingerprint density at radius 1 is 1.29 bits per heavy atom. The van der Waals surface area contributed by atoms with Crippen molar-refractivity contribution in [3.8, 4) is 0 Å². The summed E-state index contributed by atoms with van der Waals surface area (Å²) in [6, 6.07) is 0. The Bertz CT molecular complexity index is 263. The molecule has 0 atom stereocenters. The molecule has 0 bridgehead atoms. The zero-order valence-electron chi connectivity index (χ0n) is 8.12. The van der Waals surface area contributed by atoms with Gasteiger partial charge in [-0.05, 0) is 13.3 Å². The first-order chi connectivity index (χ1) is 6.31. The Balaban J connectivity index is 0. The van der Waals surface area contributed by atoms with Crippen molar-refractivity contribution in [1.82, 2.24) is 0 Å². The lowest BCUT2D eigenvalue weighted by Crippen LogP contribution is -1.98. The first-order valence-corrected chi connectivity index (χ1v) is 3.72. The second kappa shape index (κ2) is 7.79. The highest BCUT2D eigenvalue weighted by atomic mass is 16.4. The van der Waals surface area contributed by atoms with Crippen molar-refractivity contribution in [3.63, 3.8) is 0 Å². The minimum Gasteiger partial charge on any atom is -0.478 e. The van der Waals surface area contributed by atoms with E-state index in [1.165, 1.54) is 0 Å². The highest BCUT2D eigenvalue weighted by molar-refractivity contribution is 5.86. The largest absolute Gasteiger partial charge is 0.478 e. The number of carbonyl (C=O) groups is 2. The zero-order valence-corrected chi connectivity index (χ0v) is 8.12. The SMILES string of the molecule is C=C(C)CC(=C)C(=O)O.C=CC(=O)O. The summed E-state index contributed by atoms with van der Waals surface area (Å²) >= 11 is 0.